The Bertz CT molecular complexity index is 1410. The molecule has 44 heavy (non-hydrogen) atoms. The molecule has 3 aromatic rings. The first-order chi connectivity index (χ1) is 21.5. The summed E-state index contributed by atoms with van der Waals surface area (Å²) in [5.74, 6) is 1.84. The van der Waals surface area contributed by atoms with Crippen LogP contribution < -0.4 is 15.5 Å². The van der Waals surface area contributed by atoms with Crippen molar-refractivity contribution in [3.8, 4) is 11.3 Å². The lowest BCUT2D eigenvalue weighted by Crippen LogP contribution is -2.40. The fraction of sp³-hybridized carbons (Fsp3) is 0.571. The standard InChI is InChI=1S/C35H49N7O2/c1-25-30(24-32(26-10-5-4-6-11-26)42(25)19-9-18-41-20-22-44-23-21-41)34(43)36-27-14-16-28(17-15-27)37-35-38-31-13-8-7-12-29(31)33(39-35)40(2)3/h4-6,10-11,24,27-28H,7-9,12-23H2,1-3H3,(H,36,43)(H,37,38,39)/t27-,28+. The van der Waals surface area contributed by atoms with Gasteiger partial charge in [-0.3, -0.25) is 9.69 Å². The van der Waals surface area contributed by atoms with E-state index in [1.807, 2.05) is 6.07 Å². The summed E-state index contributed by atoms with van der Waals surface area (Å²) < 4.78 is 7.85. The van der Waals surface area contributed by atoms with Crippen molar-refractivity contribution in [1.29, 1.82) is 0 Å². The second-order valence-electron chi connectivity index (χ2n) is 12.9. The first-order valence-corrected chi connectivity index (χ1v) is 16.7. The molecule has 9 nitrogen and oxygen atoms in total. The molecule has 0 bridgehead atoms. The van der Waals surface area contributed by atoms with Crippen molar-refractivity contribution in [3.63, 3.8) is 0 Å². The summed E-state index contributed by atoms with van der Waals surface area (Å²) >= 11 is 0. The number of fused-ring (bicyclic) bond motifs is 1. The molecule has 2 N–H and O–H groups in total. The van der Waals surface area contributed by atoms with Gasteiger partial charge in [-0.2, -0.15) is 4.98 Å². The van der Waals surface area contributed by atoms with Crippen LogP contribution >= 0.6 is 0 Å². The van der Waals surface area contributed by atoms with Crippen LogP contribution in [0.3, 0.4) is 0 Å². The van der Waals surface area contributed by atoms with Crippen LogP contribution in [0.5, 0.6) is 0 Å². The topological polar surface area (TPSA) is 87.6 Å². The lowest BCUT2D eigenvalue weighted by Gasteiger charge is -2.30. The second-order valence-corrected chi connectivity index (χ2v) is 12.9. The lowest BCUT2D eigenvalue weighted by atomic mass is 9.91. The lowest BCUT2D eigenvalue weighted by molar-refractivity contribution is 0.0369. The third kappa shape index (κ3) is 7.10. The maximum Gasteiger partial charge on any atom is 0.253 e. The molecule has 9 heteroatoms. The van der Waals surface area contributed by atoms with Crippen molar-refractivity contribution in [2.75, 3.05) is 57.2 Å². The van der Waals surface area contributed by atoms with Gasteiger partial charge in [-0.05, 0) is 76.3 Å². The molecule has 236 valence electrons. The van der Waals surface area contributed by atoms with Gasteiger partial charge in [0.05, 0.1) is 24.5 Å². The average Bonchev–Trinajstić information content (AvgIpc) is 3.38. The number of hydrogen-bond donors (Lipinski definition) is 2. The smallest absolute Gasteiger partial charge is 0.253 e. The molecule has 1 aromatic carbocycles. The first kappa shape index (κ1) is 30.6. The van der Waals surface area contributed by atoms with E-state index in [9.17, 15) is 4.79 Å². The van der Waals surface area contributed by atoms with E-state index < -0.39 is 0 Å². The van der Waals surface area contributed by atoms with Crippen LogP contribution in [0.4, 0.5) is 11.8 Å². The zero-order valence-corrected chi connectivity index (χ0v) is 26.8. The summed E-state index contributed by atoms with van der Waals surface area (Å²) in [7, 11) is 4.14. The zero-order valence-electron chi connectivity index (χ0n) is 26.8. The number of rotatable bonds is 10. The molecule has 2 fully saturated rings. The molecule has 0 atom stereocenters. The molecular weight excluding hydrogens is 550 g/mol. The minimum atomic E-state index is 0.0386. The van der Waals surface area contributed by atoms with Gasteiger partial charge in [0.15, 0.2) is 0 Å². The monoisotopic (exact) mass is 599 g/mol. The van der Waals surface area contributed by atoms with E-state index in [4.69, 9.17) is 14.7 Å². The molecule has 1 saturated carbocycles. The molecule has 0 radical (unpaired) electrons. The molecule has 1 aliphatic heterocycles. The molecule has 6 rings (SSSR count). The number of morpholine rings is 1. The summed E-state index contributed by atoms with van der Waals surface area (Å²) in [6.45, 7) is 7.66. The summed E-state index contributed by atoms with van der Waals surface area (Å²) in [6, 6.07) is 13.0. The summed E-state index contributed by atoms with van der Waals surface area (Å²) in [5, 5.41) is 7.02. The Balaban J connectivity index is 1.08. The van der Waals surface area contributed by atoms with Crippen molar-refractivity contribution >= 4 is 17.7 Å². The van der Waals surface area contributed by atoms with E-state index >= 15 is 0 Å². The number of nitrogens with one attached hydrogen (secondary N) is 2. The van der Waals surface area contributed by atoms with E-state index in [1.54, 1.807) is 0 Å². The summed E-state index contributed by atoms with van der Waals surface area (Å²) in [6.07, 6.45) is 9.42. The van der Waals surface area contributed by atoms with Crippen LogP contribution in [-0.2, 0) is 24.1 Å². The van der Waals surface area contributed by atoms with Crippen molar-refractivity contribution in [2.45, 2.75) is 83.3 Å². The van der Waals surface area contributed by atoms with Gasteiger partial charge in [0, 0.05) is 69.3 Å². The number of hydrogen-bond acceptors (Lipinski definition) is 7. The number of nitrogens with zero attached hydrogens (tertiary/aromatic N) is 5. The molecule has 0 spiro atoms. The van der Waals surface area contributed by atoms with Crippen molar-refractivity contribution in [1.82, 2.24) is 24.8 Å². The molecule has 1 amide bonds. The fourth-order valence-corrected chi connectivity index (χ4v) is 7.12. The van der Waals surface area contributed by atoms with Gasteiger partial charge in [-0.15, -0.1) is 0 Å². The van der Waals surface area contributed by atoms with Crippen LogP contribution in [0.2, 0.25) is 0 Å². The van der Waals surface area contributed by atoms with E-state index in [2.05, 4.69) is 76.4 Å². The Morgan fingerprint density at radius 2 is 1.70 bits per heavy atom. The quantitative estimate of drug-likeness (QED) is 0.336. The molecule has 3 aliphatic rings. The van der Waals surface area contributed by atoms with Gasteiger partial charge in [-0.1, -0.05) is 30.3 Å². The summed E-state index contributed by atoms with van der Waals surface area (Å²) in [4.78, 5) is 28.1. The van der Waals surface area contributed by atoms with Gasteiger partial charge in [0.25, 0.3) is 5.91 Å². The van der Waals surface area contributed by atoms with Crippen LogP contribution in [0, 0.1) is 6.92 Å². The number of carbonyl (C=O) groups excluding carboxylic acids is 1. The highest BCUT2D eigenvalue weighted by atomic mass is 16.5. The van der Waals surface area contributed by atoms with E-state index in [-0.39, 0.29) is 11.9 Å². The Labute approximate surface area is 262 Å². The maximum atomic E-state index is 13.7. The number of aromatic nitrogens is 3. The largest absolute Gasteiger partial charge is 0.379 e. The van der Waals surface area contributed by atoms with E-state index in [0.29, 0.717) is 6.04 Å². The van der Waals surface area contributed by atoms with Crippen LogP contribution in [0.1, 0.15) is 72.3 Å². The predicted octanol–water partition coefficient (Wildman–Crippen LogP) is 5.07. The average molecular weight is 600 g/mol. The number of ether oxygens (including phenoxy) is 1. The first-order valence-electron chi connectivity index (χ1n) is 16.7. The van der Waals surface area contributed by atoms with Crippen molar-refractivity contribution < 1.29 is 9.53 Å². The Morgan fingerprint density at radius 3 is 2.45 bits per heavy atom. The molecule has 2 aliphatic carbocycles. The minimum Gasteiger partial charge on any atom is -0.379 e. The Kier molecular flexibility index (Phi) is 9.82. The van der Waals surface area contributed by atoms with Crippen molar-refractivity contribution in [3.05, 3.63) is 58.9 Å². The van der Waals surface area contributed by atoms with Crippen LogP contribution in [-0.4, -0.2) is 84.4 Å². The van der Waals surface area contributed by atoms with Crippen LogP contribution in [0.25, 0.3) is 11.3 Å². The van der Waals surface area contributed by atoms with Gasteiger partial charge in [0.1, 0.15) is 5.82 Å². The fourth-order valence-electron chi connectivity index (χ4n) is 7.12. The van der Waals surface area contributed by atoms with E-state index in [0.717, 1.165) is 119 Å². The molecule has 1 saturated heterocycles. The maximum absolute atomic E-state index is 13.7. The number of aryl methyl sites for hydroxylation is 1. The Hall–Kier alpha value is -3.43. The second kappa shape index (κ2) is 14.1. The van der Waals surface area contributed by atoms with Gasteiger partial charge < -0.3 is 24.8 Å². The Morgan fingerprint density at radius 1 is 0.977 bits per heavy atom. The highest BCUT2D eigenvalue weighted by Crippen LogP contribution is 2.30. The minimum absolute atomic E-state index is 0.0386. The zero-order chi connectivity index (χ0) is 30.5. The normalized spacial score (nSPS) is 20.6. The SMILES string of the molecule is Cc1c(C(=O)N[C@H]2CC[C@@H](Nc3nc4c(c(N(C)C)n3)CCCC4)CC2)cc(-c2ccccc2)n1CCCN1CCOCC1. The summed E-state index contributed by atoms with van der Waals surface area (Å²) in [5.41, 5.74) is 6.61. The van der Waals surface area contributed by atoms with Crippen LogP contribution in [0.15, 0.2) is 36.4 Å². The number of anilines is 2. The number of carbonyl (C=O) groups is 1. The number of benzene rings is 1. The molecule has 2 aromatic heterocycles. The predicted molar refractivity (Wildman–Crippen MR) is 177 cm³/mol. The third-order valence-electron chi connectivity index (χ3n) is 9.62. The highest BCUT2D eigenvalue weighted by Gasteiger charge is 2.27. The van der Waals surface area contributed by atoms with E-state index in [1.165, 1.54) is 24.1 Å². The van der Waals surface area contributed by atoms with Crippen molar-refractivity contribution in [2.24, 2.45) is 0 Å². The highest BCUT2D eigenvalue weighted by molar-refractivity contribution is 5.97. The number of amides is 1. The molecule has 0 unspecified atom stereocenters. The molecular formula is C35H49N7O2. The van der Waals surface area contributed by atoms with Gasteiger partial charge in [0.2, 0.25) is 5.95 Å². The van der Waals surface area contributed by atoms with Gasteiger partial charge >= 0.3 is 0 Å². The van der Waals surface area contributed by atoms with Gasteiger partial charge in [-0.25, -0.2) is 4.98 Å². The third-order valence-corrected chi connectivity index (χ3v) is 9.62. The molecule has 3 heterocycles.